The molecular formula is C25H19N7. The number of benzene rings is 2. The van der Waals surface area contributed by atoms with Gasteiger partial charge in [0, 0.05) is 29.3 Å². The second kappa shape index (κ2) is 8.28. The molecule has 2 aromatic carbocycles. The molecule has 0 saturated carbocycles. The zero-order chi connectivity index (χ0) is 21.9. The first-order valence-corrected chi connectivity index (χ1v) is 10.2. The van der Waals surface area contributed by atoms with Crippen LogP contribution in [0.3, 0.4) is 0 Å². The number of H-pyrrole nitrogens is 1. The van der Waals surface area contributed by atoms with Crippen LogP contribution in [0.5, 0.6) is 0 Å². The zero-order valence-corrected chi connectivity index (χ0v) is 17.4. The van der Waals surface area contributed by atoms with Crippen molar-refractivity contribution in [1.29, 1.82) is 5.26 Å². The molecule has 0 aliphatic heterocycles. The fraction of sp³-hybridized carbons (Fsp3) is 0.0800. The highest BCUT2D eigenvalue weighted by Crippen LogP contribution is 2.31. The summed E-state index contributed by atoms with van der Waals surface area (Å²) in [4.78, 5) is 21.8. The third-order valence-electron chi connectivity index (χ3n) is 5.09. The fourth-order valence-electron chi connectivity index (χ4n) is 3.58. The Labute approximate surface area is 184 Å². The minimum Gasteiger partial charge on any atom is -0.378 e. The van der Waals surface area contributed by atoms with Crippen LogP contribution in [0.1, 0.15) is 17.1 Å². The molecule has 0 spiro atoms. The average molecular weight is 417 g/mol. The third kappa shape index (κ3) is 3.89. The minimum absolute atomic E-state index is 0.473. The molecule has 7 nitrogen and oxygen atoms in total. The number of fused-ring (bicyclic) bond motifs is 1. The number of hydrogen-bond donors (Lipinski definition) is 2. The molecule has 3 heterocycles. The predicted molar refractivity (Wildman–Crippen MR) is 124 cm³/mol. The van der Waals surface area contributed by atoms with E-state index in [0.29, 0.717) is 12.1 Å². The minimum atomic E-state index is 0.473. The van der Waals surface area contributed by atoms with Crippen LogP contribution in [0.4, 0.5) is 5.69 Å². The molecule has 0 fully saturated rings. The van der Waals surface area contributed by atoms with E-state index in [1.54, 1.807) is 18.5 Å². The van der Waals surface area contributed by atoms with Crippen LogP contribution < -0.4 is 5.32 Å². The van der Waals surface area contributed by atoms with E-state index in [9.17, 15) is 0 Å². The summed E-state index contributed by atoms with van der Waals surface area (Å²) in [5.74, 6) is 0.764. The van der Waals surface area contributed by atoms with E-state index in [4.69, 9.17) is 15.2 Å². The maximum absolute atomic E-state index is 9.12. The van der Waals surface area contributed by atoms with Crippen molar-refractivity contribution in [3.63, 3.8) is 0 Å². The van der Waals surface area contributed by atoms with Gasteiger partial charge >= 0.3 is 0 Å². The Bertz CT molecular complexity index is 1460. The van der Waals surface area contributed by atoms with Crippen molar-refractivity contribution in [3.8, 4) is 28.7 Å². The lowest BCUT2D eigenvalue weighted by Crippen LogP contribution is -2.01. The molecule has 7 heteroatoms. The van der Waals surface area contributed by atoms with E-state index >= 15 is 0 Å². The molecule has 0 bridgehead atoms. The third-order valence-corrected chi connectivity index (χ3v) is 5.09. The maximum atomic E-state index is 9.12. The number of aryl methyl sites for hydroxylation is 1. The lowest BCUT2D eigenvalue weighted by Gasteiger charge is -2.04. The lowest BCUT2D eigenvalue weighted by molar-refractivity contribution is 1.00. The normalized spacial score (nSPS) is 10.8. The van der Waals surface area contributed by atoms with Gasteiger partial charge in [-0.15, -0.1) is 0 Å². The lowest BCUT2D eigenvalue weighted by atomic mass is 10.1. The second-order valence-corrected chi connectivity index (χ2v) is 7.38. The van der Waals surface area contributed by atoms with Gasteiger partial charge in [0.05, 0.1) is 46.3 Å². The summed E-state index contributed by atoms with van der Waals surface area (Å²) >= 11 is 0. The van der Waals surface area contributed by atoms with Crippen LogP contribution in [0, 0.1) is 18.3 Å². The number of imidazole rings is 1. The Morgan fingerprint density at radius 3 is 2.62 bits per heavy atom. The largest absolute Gasteiger partial charge is 0.378 e. The summed E-state index contributed by atoms with van der Waals surface area (Å²) in [6.07, 6.45) is 3.37. The molecule has 0 atom stereocenters. The highest BCUT2D eigenvalue weighted by Gasteiger charge is 2.16. The van der Waals surface area contributed by atoms with E-state index in [2.05, 4.69) is 26.3 Å². The maximum Gasteiger partial charge on any atom is 0.126 e. The number of hydrogen-bond acceptors (Lipinski definition) is 6. The zero-order valence-electron chi connectivity index (χ0n) is 17.4. The molecule has 0 saturated heterocycles. The number of anilines is 1. The molecule has 0 aliphatic rings. The smallest absolute Gasteiger partial charge is 0.126 e. The monoisotopic (exact) mass is 417 g/mol. The Kier molecular flexibility index (Phi) is 5.02. The Morgan fingerprint density at radius 1 is 0.938 bits per heavy atom. The Balaban J connectivity index is 1.54. The van der Waals surface area contributed by atoms with Crippen LogP contribution in [-0.2, 0) is 6.54 Å². The summed E-state index contributed by atoms with van der Waals surface area (Å²) in [5.41, 5.74) is 7.45. The Morgan fingerprint density at radius 2 is 1.78 bits per heavy atom. The quantitative estimate of drug-likeness (QED) is 0.423. The van der Waals surface area contributed by atoms with Crippen LogP contribution >= 0.6 is 0 Å². The van der Waals surface area contributed by atoms with Gasteiger partial charge in [0.1, 0.15) is 5.82 Å². The van der Waals surface area contributed by atoms with Gasteiger partial charge in [-0.25, -0.2) is 4.98 Å². The molecule has 2 N–H and O–H groups in total. The number of aromatic nitrogens is 5. The van der Waals surface area contributed by atoms with Gasteiger partial charge in [0.25, 0.3) is 0 Å². The molecule has 3 aromatic heterocycles. The number of nitrogens with one attached hydrogen (secondary N) is 2. The standard InChI is InChI=1S/C25H19N7/c1-16-4-2-7-21(30-16)25-24(18-8-9-20-22(13-18)28-11-10-27-20)31-23(32-25)15-29-19-6-3-5-17(12-19)14-26/h2-13,29H,15H2,1H3,(H,31,32). The molecule has 0 unspecified atom stereocenters. The van der Waals surface area contributed by atoms with Gasteiger partial charge in [0.2, 0.25) is 0 Å². The molecular weight excluding hydrogens is 398 g/mol. The number of pyridine rings is 1. The number of nitriles is 1. The SMILES string of the molecule is Cc1cccc(-c2[nH]c(CNc3cccc(C#N)c3)nc2-c2ccc3nccnc3c2)n1. The van der Waals surface area contributed by atoms with E-state index in [-0.39, 0.29) is 0 Å². The van der Waals surface area contributed by atoms with E-state index in [0.717, 1.165) is 50.9 Å². The summed E-state index contributed by atoms with van der Waals surface area (Å²) in [6, 6.07) is 21.4. The van der Waals surface area contributed by atoms with Gasteiger partial charge in [-0.3, -0.25) is 15.0 Å². The Hall–Kier alpha value is -4.57. The molecule has 0 radical (unpaired) electrons. The summed E-state index contributed by atoms with van der Waals surface area (Å²) in [7, 11) is 0. The molecule has 5 rings (SSSR count). The van der Waals surface area contributed by atoms with Gasteiger partial charge in [0.15, 0.2) is 0 Å². The molecule has 32 heavy (non-hydrogen) atoms. The number of nitrogens with zero attached hydrogens (tertiary/aromatic N) is 5. The number of rotatable bonds is 5. The average Bonchev–Trinajstić information content (AvgIpc) is 3.27. The summed E-state index contributed by atoms with van der Waals surface area (Å²) < 4.78 is 0. The predicted octanol–water partition coefficient (Wildman–Crippen LogP) is 4.87. The molecule has 0 amide bonds. The highest BCUT2D eigenvalue weighted by atomic mass is 15.0. The fourth-order valence-corrected chi connectivity index (χ4v) is 3.58. The van der Waals surface area contributed by atoms with E-state index in [1.165, 1.54) is 0 Å². The van der Waals surface area contributed by atoms with Gasteiger partial charge in [-0.1, -0.05) is 18.2 Å². The van der Waals surface area contributed by atoms with Crippen LogP contribution in [0.15, 0.2) is 73.1 Å². The van der Waals surface area contributed by atoms with Crippen molar-refractivity contribution < 1.29 is 0 Å². The van der Waals surface area contributed by atoms with Crippen molar-refractivity contribution in [3.05, 3.63) is 90.1 Å². The topological polar surface area (TPSA) is 103 Å². The van der Waals surface area contributed by atoms with E-state index < -0.39 is 0 Å². The van der Waals surface area contributed by atoms with Gasteiger partial charge in [-0.05, 0) is 49.4 Å². The first-order chi connectivity index (χ1) is 15.7. The van der Waals surface area contributed by atoms with Crippen molar-refractivity contribution in [1.82, 2.24) is 24.9 Å². The number of aromatic amines is 1. The van der Waals surface area contributed by atoms with E-state index in [1.807, 2.05) is 61.5 Å². The second-order valence-electron chi connectivity index (χ2n) is 7.38. The first kappa shape index (κ1) is 19.4. The highest BCUT2D eigenvalue weighted by molar-refractivity contribution is 5.84. The van der Waals surface area contributed by atoms with Crippen molar-refractivity contribution in [2.75, 3.05) is 5.32 Å². The summed E-state index contributed by atoms with van der Waals surface area (Å²) in [5, 5.41) is 12.5. The molecule has 154 valence electrons. The first-order valence-electron chi connectivity index (χ1n) is 10.2. The van der Waals surface area contributed by atoms with Crippen molar-refractivity contribution >= 4 is 16.7 Å². The summed E-state index contributed by atoms with van der Waals surface area (Å²) in [6.45, 7) is 2.44. The van der Waals surface area contributed by atoms with Gasteiger partial charge in [-0.2, -0.15) is 5.26 Å². The van der Waals surface area contributed by atoms with Crippen molar-refractivity contribution in [2.45, 2.75) is 13.5 Å². The van der Waals surface area contributed by atoms with Gasteiger partial charge < -0.3 is 10.3 Å². The van der Waals surface area contributed by atoms with Crippen LogP contribution in [0.2, 0.25) is 0 Å². The van der Waals surface area contributed by atoms with Crippen LogP contribution in [0.25, 0.3) is 33.7 Å². The van der Waals surface area contributed by atoms with Crippen molar-refractivity contribution in [2.24, 2.45) is 0 Å². The molecule has 0 aliphatic carbocycles. The van der Waals surface area contributed by atoms with Crippen LogP contribution in [-0.4, -0.2) is 24.9 Å². The molecule has 5 aromatic rings.